The molecule has 0 aliphatic carbocycles. The Kier molecular flexibility index (Phi) is 3.87. The largest absolute Gasteiger partial charge is 0.384 e. The first-order chi connectivity index (χ1) is 8.90. The fourth-order valence-electron chi connectivity index (χ4n) is 2.23. The smallest absolute Gasteiger partial charge is 0.128 e. The third-order valence-electron chi connectivity index (χ3n) is 3.54. The summed E-state index contributed by atoms with van der Waals surface area (Å²) in [6.45, 7) is 6.85. The van der Waals surface area contributed by atoms with Gasteiger partial charge < -0.3 is 10.5 Å². The maximum absolute atomic E-state index is 14.0. The molecule has 0 radical (unpaired) electrons. The fraction of sp³-hybridized carbons (Fsp3) is 0.500. The van der Waals surface area contributed by atoms with Crippen molar-refractivity contribution in [3.63, 3.8) is 0 Å². The Labute approximate surface area is 112 Å². The number of halogens is 1. The maximum Gasteiger partial charge on any atom is 0.128 e. The van der Waals surface area contributed by atoms with Gasteiger partial charge in [-0.3, -0.25) is 10.3 Å². The number of benzene rings is 1. The second kappa shape index (κ2) is 5.27. The summed E-state index contributed by atoms with van der Waals surface area (Å²) in [7, 11) is 0. The van der Waals surface area contributed by atoms with Gasteiger partial charge in [-0.05, 0) is 19.9 Å². The van der Waals surface area contributed by atoms with Crippen molar-refractivity contribution in [3.05, 3.63) is 35.1 Å². The van der Waals surface area contributed by atoms with Gasteiger partial charge in [0.15, 0.2) is 0 Å². The Morgan fingerprint density at radius 3 is 2.84 bits per heavy atom. The lowest BCUT2D eigenvalue weighted by atomic mass is 10.0. The van der Waals surface area contributed by atoms with Crippen LogP contribution in [-0.4, -0.2) is 36.0 Å². The number of hydrogen-bond donors (Lipinski definition) is 2. The Morgan fingerprint density at radius 1 is 1.53 bits per heavy atom. The molecule has 0 unspecified atom stereocenters. The standard InChI is InChI=1S/C14H20FN3O/c1-14(2)9-19-6-5-18(14)8-11-4-3-10(13(16)17)7-12(11)15/h3-4,7H,5-6,8-9H2,1-2H3,(H3,16,17). The highest BCUT2D eigenvalue weighted by Gasteiger charge is 2.30. The monoisotopic (exact) mass is 265 g/mol. The van der Waals surface area contributed by atoms with Gasteiger partial charge >= 0.3 is 0 Å². The number of nitrogens with one attached hydrogen (secondary N) is 1. The van der Waals surface area contributed by atoms with Crippen molar-refractivity contribution in [1.82, 2.24) is 4.90 Å². The minimum absolute atomic E-state index is 0.0933. The number of nitrogens with zero attached hydrogens (tertiary/aromatic N) is 1. The third kappa shape index (κ3) is 3.11. The van der Waals surface area contributed by atoms with Crippen LogP contribution in [0.25, 0.3) is 0 Å². The zero-order chi connectivity index (χ0) is 14.0. The highest BCUT2D eigenvalue weighted by molar-refractivity contribution is 5.94. The van der Waals surface area contributed by atoms with E-state index in [9.17, 15) is 4.39 Å². The Balaban J connectivity index is 2.17. The van der Waals surface area contributed by atoms with E-state index in [0.717, 1.165) is 6.54 Å². The first-order valence-corrected chi connectivity index (χ1v) is 6.36. The van der Waals surface area contributed by atoms with Crippen molar-refractivity contribution in [3.8, 4) is 0 Å². The molecule has 1 fully saturated rings. The number of rotatable bonds is 3. The molecule has 5 heteroatoms. The predicted molar refractivity (Wildman–Crippen MR) is 72.7 cm³/mol. The van der Waals surface area contributed by atoms with Crippen molar-refractivity contribution in [2.24, 2.45) is 5.73 Å². The lowest BCUT2D eigenvalue weighted by molar-refractivity contribution is -0.0556. The molecule has 0 atom stereocenters. The second-order valence-corrected chi connectivity index (χ2v) is 5.51. The first-order valence-electron chi connectivity index (χ1n) is 6.36. The first kappa shape index (κ1) is 14.0. The number of morpholine rings is 1. The van der Waals surface area contributed by atoms with Crippen LogP contribution in [0.3, 0.4) is 0 Å². The van der Waals surface area contributed by atoms with Crippen LogP contribution in [0.5, 0.6) is 0 Å². The van der Waals surface area contributed by atoms with Crippen molar-refractivity contribution in [1.29, 1.82) is 5.41 Å². The number of hydrogen-bond acceptors (Lipinski definition) is 3. The predicted octanol–water partition coefficient (Wildman–Crippen LogP) is 1.72. The van der Waals surface area contributed by atoms with Crippen LogP contribution in [0.1, 0.15) is 25.0 Å². The lowest BCUT2D eigenvalue weighted by Gasteiger charge is -2.42. The molecular formula is C14H20FN3O. The van der Waals surface area contributed by atoms with Gasteiger partial charge in [0.05, 0.1) is 13.2 Å². The third-order valence-corrected chi connectivity index (χ3v) is 3.54. The van der Waals surface area contributed by atoms with Gasteiger partial charge in [-0.25, -0.2) is 4.39 Å². The van der Waals surface area contributed by atoms with Gasteiger partial charge in [-0.1, -0.05) is 12.1 Å². The molecule has 1 aromatic rings. The highest BCUT2D eigenvalue weighted by atomic mass is 19.1. The summed E-state index contributed by atoms with van der Waals surface area (Å²) in [6, 6.07) is 4.72. The van der Waals surface area contributed by atoms with Crippen LogP contribution >= 0.6 is 0 Å². The van der Waals surface area contributed by atoms with Crippen molar-refractivity contribution < 1.29 is 9.13 Å². The summed E-state index contributed by atoms with van der Waals surface area (Å²) >= 11 is 0. The zero-order valence-electron chi connectivity index (χ0n) is 11.4. The number of amidine groups is 1. The zero-order valence-corrected chi connectivity index (χ0v) is 11.4. The van der Waals surface area contributed by atoms with Crippen LogP contribution in [0.15, 0.2) is 18.2 Å². The highest BCUT2D eigenvalue weighted by Crippen LogP contribution is 2.23. The summed E-state index contributed by atoms with van der Waals surface area (Å²) in [6.07, 6.45) is 0. The number of ether oxygens (including phenoxy) is 1. The molecule has 1 aromatic carbocycles. The second-order valence-electron chi connectivity index (χ2n) is 5.51. The van der Waals surface area contributed by atoms with E-state index in [1.165, 1.54) is 6.07 Å². The minimum Gasteiger partial charge on any atom is -0.384 e. The molecule has 1 heterocycles. The molecular weight excluding hydrogens is 245 g/mol. The summed E-state index contributed by atoms with van der Waals surface area (Å²) in [5, 5.41) is 7.30. The molecule has 3 N–H and O–H groups in total. The van der Waals surface area contributed by atoms with Gasteiger partial charge in [0, 0.05) is 29.8 Å². The molecule has 19 heavy (non-hydrogen) atoms. The van der Waals surface area contributed by atoms with E-state index < -0.39 is 0 Å². The topological polar surface area (TPSA) is 62.3 Å². The Bertz CT molecular complexity index is 488. The molecule has 104 valence electrons. The van der Waals surface area contributed by atoms with E-state index >= 15 is 0 Å². The molecule has 0 bridgehead atoms. The van der Waals surface area contributed by atoms with E-state index in [1.807, 2.05) is 0 Å². The van der Waals surface area contributed by atoms with E-state index in [1.54, 1.807) is 12.1 Å². The van der Waals surface area contributed by atoms with Crippen LogP contribution in [-0.2, 0) is 11.3 Å². The van der Waals surface area contributed by atoms with E-state index in [4.69, 9.17) is 15.9 Å². The summed E-state index contributed by atoms with van der Waals surface area (Å²) < 4.78 is 19.5. The van der Waals surface area contributed by atoms with Crippen LogP contribution in [0.4, 0.5) is 4.39 Å². The number of nitrogens with two attached hydrogens (primary N) is 1. The van der Waals surface area contributed by atoms with Gasteiger partial charge in [0.25, 0.3) is 0 Å². The van der Waals surface area contributed by atoms with Gasteiger partial charge in [0.2, 0.25) is 0 Å². The maximum atomic E-state index is 14.0. The lowest BCUT2D eigenvalue weighted by Crippen LogP contribution is -2.52. The van der Waals surface area contributed by atoms with Crippen molar-refractivity contribution in [2.75, 3.05) is 19.8 Å². The molecule has 1 aliphatic heterocycles. The van der Waals surface area contributed by atoms with Gasteiger partial charge in [0.1, 0.15) is 11.7 Å². The molecule has 0 amide bonds. The quantitative estimate of drug-likeness (QED) is 0.646. The van der Waals surface area contributed by atoms with E-state index in [-0.39, 0.29) is 17.2 Å². The van der Waals surface area contributed by atoms with E-state index in [2.05, 4.69) is 18.7 Å². The SMILES string of the molecule is CC1(C)COCCN1Cc1ccc(C(=N)N)cc1F. The average molecular weight is 265 g/mol. The molecule has 4 nitrogen and oxygen atoms in total. The van der Waals surface area contributed by atoms with Gasteiger partial charge in [-0.15, -0.1) is 0 Å². The summed E-state index contributed by atoms with van der Waals surface area (Å²) in [4.78, 5) is 2.21. The van der Waals surface area contributed by atoms with Crippen LogP contribution < -0.4 is 5.73 Å². The number of nitrogen functional groups attached to an aromatic ring is 1. The summed E-state index contributed by atoms with van der Waals surface area (Å²) in [5.74, 6) is -0.424. The average Bonchev–Trinajstić information content (AvgIpc) is 2.33. The molecule has 2 rings (SSSR count). The normalized spacial score (nSPS) is 19.3. The fourth-order valence-corrected chi connectivity index (χ4v) is 2.23. The van der Waals surface area contributed by atoms with Crippen LogP contribution in [0, 0.1) is 11.2 Å². The molecule has 0 aromatic heterocycles. The van der Waals surface area contributed by atoms with Gasteiger partial charge in [-0.2, -0.15) is 0 Å². The van der Waals surface area contributed by atoms with Crippen molar-refractivity contribution in [2.45, 2.75) is 25.9 Å². The summed E-state index contributed by atoms with van der Waals surface area (Å²) in [5.41, 5.74) is 6.30. The minimum atomic E-state index is -0.310. The molecule has 1 saturated heterocycles. The Morgan fingerprint density at radius 2 is 2.26 bits per heavy atom. The molecule has 0 spiro atoms. The van der Waals surface area contributed by atoms with E-state index in [0.29, 0.717) is 30.9 Å². The molecule has 0 saturated carbocycles. The molecule has 1 aliphatic rings. The van der Waals surface area contributed by atoms with Crippen molar-refractivity contribution >= 4 is 5.84 Å². The van der Waals surface area contributed by atoms with Crippen LogP contribution in [0.2, 0.25) is 0 Å². The Hall–Kier alpha value is -1.46.